The average molecular weight is 1250 g/mol. The van der Waals surface area contributed by atoms with Gasteiger partial charge in [0.25, 0.3) is 0 Å². The predicted molar refractivity (Wildman–Crippen MR) is 338 cm³/mol. The summed E-state index contributed by atoms with van der Waals surface area (Å²) < 4.78 is 42.1. The third-order valence-electron chi connectivity index (χ3n) is 19.9. The van der Waals surface area contributed by atoms with Crippen LogP contribution < -0.4 is 18.9 Å². The van der Waals surface area contributed by atoms with Crippen LogP contribution in [0.3, 0.4) is 0 Å². The number of hydrogen-bond acceptors (Lipinski definition) is 17. The number of carboxylic acid groups (broad SMARTS) is 1. The van der Waals surface area contributed by atoms with Crippen molar-refractivity contribution >= 4 is 57.8 Å². The van der Waals surface area contributed by atoms with Crippen molar-refractivity contribution in [3.8, 4) is 23.3 Å². The van der Waals surface area contributed by atoms with Gasteiger partial charge in [-0.25, -0.2) is 29.5 Å². The predicted octanol–water partition coefficient (Wildman–Crippen LogP) is 11.7. The number of ether oxygens (including phenoxy) is 7. The van der Waals surface area contributed by atoms with Gasteiger partial charge in [0.1, 0.15) is 64.0 Å². The molecule has 4 aliphatic heterocycles. The first-order valence-corrected chi connectivity index (χ1v) is 32.9. The molecule has 2 aromatic carbocycles. The van der Waals surface area contributed by atoms with Gasteiger partial charge in [0.05, 0.1) is 74.1 Å². The summed E-state index contributed by atoms with van der Waals surface area (Å²) in [5.41, 5.74) is 1.37. The van der Waals surface area contributed by atoms with Crippen LogP contribution in [-0.2, 0) is 55.8 Å². The normalized spacial score (nSPS) is 29.7. The Morgan fingerprint density at radius 2 is 1.00 bits per heavy atom. The SMILES string of the molecule is CCC12CC1CCCCCc1nc3ccc(OC)cc3nc1O[C@H]1CN(C(=O)[C@H](C(C)(C)C)CC(=O)O2)[C@H](C(=O)O)[C@@H]1C.CCC12CC1CCCCCc1nc3ccc(OC)cc3nc1O[C@H]1CN(C(=O)[C@H](C(C)(C)C)CC(=O)O2)[C@H](C(=O)OC(C)(C)C)[C@@H]1C. The summed E-state index contributed by atoms with van der Waals surface area (Å²) in [6, 6.07) is 9.11. The second-order valence-corrected chi connectivity index (χ2v) is 29.5. The highest BCUT2D eigenvalue weighted by Crippen LogP contribution is 2.54. The van der Waals surface area contributed by atoms with Gasteiger partial charge in [-0.3, -0.25) is 19.2 Å². The van der Waals surface area contributed by atoms with E-state index >= 15 is 0 Å². The third-order valence-corrected chi connectivity index (χ3v) is 19.9. The van der Waals surface area contributed by atoms with Gasteiger partial charge in [-0.1, -0.05) is 94.9 Å². The van der Waals surface area contributed by atoms with Gasteiger partial charge >= 0.3 is 23.9 Å². The van der Waals surface area contributed by atoms with Crippen LogP contribution in [0.4, 0.5) is 0 Å². The molecule has 4 bridgehead atoms. The molecule has 2 saturated carbocycles. The Hall–Kier alpha value is -6.86. The molecule has 2 aromatic heterocycles. The minimum absolute atomic E-state index is 0.0591. The zero-order chi connectivity index (χ0) is 65.4. The molecule has 10 rings (SSSR count). The van der Waals surface area contributed by atoms with Gasteiger partial charge in [0, 0.05) is 35.8 Å². The molecule has 4 fully saturated rings. The summed E-state index contributed by atoms with van der Waals surface area (Å²) in [6.07, 6.45) is 10.9. The largest absolute Gasteiger partial charge is 0.497 e. The molecule has 6 heterocycles. The second kappa shape index (κ2) is 26.8. The number of aliphatic carboxylic acids is 1. The van der Waals surface area contributed by atoms with Gasteiger partial charge in [-0.05, 0) is 120 Å². The Morgan fingerprint density at radius 1 is 0.589 bits per heavy atom. The Labute approximate surface area is 530 Å². The van der Waals surface area contributed by atoms with Crippen molar-refractivity contribution in [2.75, 3.05) is 27.3 Å². The lowest BCUT2D eigenvalue weighted by Gasteiger charge is -2.35. The van der Waals surface area contributed by atoms with E-state index in [0.717, 1.165) is 99.5 Å². The molecule has 492 valence electrons. The maximum absolute atomic E-state index is 14.6. The van der Waals surface area contributed by atoms with E-state index in [1.54, 1.807) is 32.1 Å². The highest BCUT2D eigenvalue weighted by Gasteiger charge is 2.58. The van der Waals surface area contributed by atoms with Crippen molar-refractivity contribution < 1.29 is 67.0 Å². The smallest absolute Gasteiger partial charge is 0.329 e. The molecule has 4 unspecified atom stereocenters. The Kier molecular flexibility index (Phi) is 20.1. The van der Waals surface area contributed by atoms with Gasteiger partial charge in [-0.15, -0.1) is 0 Å². The molecule has 2 aliphatic carbocycles. The molecule has 2 saturated heterocycles. The number of methoxy groups -OCH3 is 2. The first kappa shape index (κ1) is 67.5. The van der Waals surface area contributed by atoms with Crippen molar-refractivity contribution in [2.45, 2.75) is 234 Å². The number of esters is 3. The van der Waals surface area contributed by atoms with E-state index in [-0.39, 0.29) is 43.7 Å². The van der Waals surface area contributed by atoms with Crippen LogP contribution in [0.15, 0.2) is 36.4 Å². The third kappa shape index (κ3) is 15.0. The molecule has 20 nitrogen and oxygen atoms in total. The lowest BCUT2D eigenvalue weighted by molar-refractivity contribution is -0.167. The molecule has 1 N–H and O–H groups in total. The maximum atomic E-state index is 14.6. The molecular weight excluding hydrogens is 1150 g/mol. The maximum Gasteiger partial charge on any atom is 0.329 e. The molecule has 0 radical (unpaired) electrons. The Bertz CT molecular complexity index is 3320. The fraction of sp³-hybridized carbons (Fsp3) is 0.686. The topological polar surface area (TPSA) is 245 Å². The molecule has 6 aliphatic rings. The van der Waals surface area contributed by atoms with Crippen molar-refractivity contribution in [1.29, 1.82) is 0 Å². The summed E-state index contributed by atoms with van der Waals surface area (Å²) >= 11 is 0. The van der Waals surface area contributed by atoms with Crippen LogP contribution in [0.1, 0.15) is 191 Å². The molecule has 4 aromatic rings. The molecule has 2 amide bonds. The van der Waals surface area contributed by atoms with E-state index in [9.17, 15) is 33.9 Å². The highest BCUT2D eigenvalue weighted by atomic mass is 16.6. The van der Waals surface area contributed by atoms with Crippen LogP contribution in [0.5, 0.6) is 23.3 Å². The number of fused-ring (bicyclic) bond motifs is 10. The number of hydrogen-bond donors (Lipinski definition) is 1. The zero-order valence-corrected chi connectivity index (χ0v) is 55.9. The van der Waals surface area contributed by atoms with E-state index in [2.05, 4.69) is 6.92 Å². The minimum atomic E-state index is -1.10. The lowest BCUT2D eigenvalue weighted by Crippen LogP contribution is -2.50. The fourth-order valence-corrected chi connectivity index (χ4v) is 14.1. The van der Waals surface area contributed by atoms with E-state index in [4.69, 9.17) is 53.1 Å². The number of carbonyl (C=O) groups is 6. The van der Waals surface area contributed by atoms with Crippen LogP contribution in [-0.4, -0.2) is 139 Å². The number of benzene rings is 2. The Balaban J connectivity index is 0.000000214. The quantitative estimate of drug-likeness (QED) is 0.139. The molecular formula is C70H98N6O14. The fourth-order valence-electron chi connectivity index (χ4n) is 14.1. The summed E-state index contributed by atoms with van der Waals surface area (Å²) in [7, 11) is 3.20. The first-order valence-electron chi connectivity index (χ1n) is 32.9. The number of aryl methyl sites for hydroxylation is 2. The molecule has 12 atom stereocenters. The Morgan fingerprint density at radius 3 is 1.38 bits per heavy atom. The number of carbonyl (C=O) groups excluding carboxylic acids is 5. The summed E-state index contributed by atoms with van der Waals surface area (Å²) in [6.45, 7) is 25.0. The monoisotopic (exact) mass is 1250 g/mol. The summed E-state index contributed by atoms with van der Waals surface area (Å²) in [4.78, 5) is 104. The van der Waals surface area contributed by atoms with Crippen LogP contribution in [0, 0.1) is 46.3 Å². The number of amides is 2. The molecule has 20 heteroatoms. The van der Waals surface area contributed by atoms with Crippen molar-refractivity contribution in [3.05, 3.63) is 47.8 Å². The van der Waals surface area contributed by atoms with Gasteiger partial charge in [-0.2, -0.15) is 0 Å². The number of rotatable bonds is 6. The van der Waals surface area contributed by atoms with Crippen LogP contribution >= 0.6 is 0 Å². The number of carboxylic acids is 1. The molecule has 90 heavy (non-hydrogen) atoms. The summed E-state index contributed by atoms with van der Waals surface area (Å²) in [5, 5.41) is 10.3. The first-order chi connectivity index (χ1) is 42.4. The van der Waals surface area contributed by atoms with Crippen LogP contribution in [0.25, 0.3) is 22.1 Å². The van der Waals surface area contributed by atoms with Gasteiger partial charge < -0.3 is 48.1 Å². The van der Waals surface area contributed by atoms with Gasteiger partial charge in [0.15, 0.2) is 0 Å². The second-order valence-electron chi connectivity index (χ2n) is 29.5. The zero-order valence-electron chi connectivity index (χ0n) is 55.9. The van der Waals surface area contributed by atoms with E-state index in [0.29, 0.717) is 59.0 Å². The minimum Gasteiger partial charge on any atom is -0.497 e. The highest BCUT2D eigenvalue weighted by molar-refractivity contribution is 5.91. The molecule has 0 spiro atoms. The van der Waals surface area contributed by atoms with E-state index in [1.807, 2.05) is 106 Å². The average Bonchev–Trinajstić information content (AvgIpc) is 1.67. The number of aromatic nitrogens is 4. The van der Waals surface area contributed by atoms with Gasteiger partial charge in [0.2, 0.25) is 23.6 Å². The van der Waals surface area contributed by atoms with E-state index < -0.39 is 93.5 Å². The number of nitrogens with zero attached hydrogens (tertiary/aromatic N) is 6. The van der Waals surface area contributed by atoms with Crippen molar-refractivity contribution in [1.82, 2.24) is 29.7 Å². The van der Waals surface area contributed by atoms with Crippen molar-refractivity contribution in [2.24, 2.45) is 46.3 Å². The lowest BCUT2D eigenvalue weighted by atomic mass is 9.77. The van der Waals surface area contributed by atoms with Crippen molar-refractivity contribution in [3.63, 3.8) is 0 Å². The summed E-state index contributed by atoms with van der Waals surface area (Å²) in [5.74, 6) is -2.69. The van der Waals surface area contributed by atoms with Crippen LogP contribution in [0.2, 0.25) is 0 Å². The standard InChI is InChI=1S/C37H53N3O7.C33H45N3O7/c1-10-37-20-23(37)14-12-11-13-15-27-32(39-28-18-24(44-9)16-17-26(28)38-27)45-29-21-40(31(22(29)2)34(43)47-36(6,7)8)33(42)25(35(3,4)5)19-30(41)46-37;1-7-33-17-20(33)11-9-8-10-12-24-29(35-25-15-21(41-6)13-14-23(25)34-24)42-26-18-36(28(19(26)2)31(39)40)30(38)22(32(3,4)5)16-27(37)43-33/h16-18,22-23,25,29,31H,10-15,19-21H2,1-9H3;13-15,19-20,22,26,28H,7-12,16-18H2,1-6H3,(H,39,40)/t22-,23?,25-,29+,31+,37?;19-,20?,22-,26+,28+,33?/m11/s1. The van der Waals surface area contributed by atoms with E-state index in [1.165, 1.54) is 4.90 Å².